The fourth-order valence-corrected chi connectivity index (χ4v) is 2.61. The van der Waals surface area contributed by atoms with Crippen LogP contribution in [0.4, 0.5) is 0 Å². The molecule has 0 spiro atoms. The molecule has 0 radical (unpaired) electrons. The zero-order chi connectivity index (χ0) is 13.2. The predicted molar refractivity (Wildman–Crippen MR) is 75.5 cm³/mol. The molecule has 0 saturated carbocycles. The van der Waals surface area contributed by atoms with Crippen molar-refractivity contribution < 1.29 is 0 Å². The monoisotopic (exact) mass is 247 g/mol. The fourth-order valence-electron chi connectivity index (χ4n) is 2.61. The van der Waals surface area contributed by atoms with Crippen molar-refractivity contribution in [3.63, 3.8) is 0 Å². The summed E-state index contributed by atoms with van der Waals surface area (Å²) in [5.74, 6) is 0. The van der Waals surface area contributed by atoms with Gasteiger partial charge in [-0.25, -0.2) is 0 Å². The molecule has 1 N–H and O–H groups in total. The molecule has 3 nitrogen and oxygen atoms in total. The minimum Gasteiger partial charge on any atom is -0.311 e. The van der Waals surface area contributed by atoms with Gasteiger partial charge >= 0.3 is 0 Å². The molecule has 2 heterocycles. The van der Waals surface area contributed by atoms with Crippen LogP contribution in [0.15, 0.2) is 18.2 Å². The molecule has 0 bridgehead atoms. The zero-order valence-electron chi connectivity index (χ0n) is 12.0. The average Bonchev–Trinajstić information content (AvgIpc) is 2.34. The maximum absolute atomic E-state index is 4.63. The van der Waals surface area contributed by atoms with Crippen LogP contribution < -0.4 is 5.32 Å². The van der Waals surface area contributed by atoms with Crippen molar-refractivity contribution in [2.75, 3.05) is 13.1 Å². The molecule has 1 saturated heterocycles. The van der Waals surface area contributed by atoms with Gasteiger partial charge in [-0.05, 0) is 39.3 Å². The molecule has 3 heteroatoms. The fraction of sp³-hybridized carbons (Fsp3) is 0.667. The second kappa shape index (κ2) is 5.37. The number of aromatic nitrogens is 1. The van der Waals surface area contributed by atoms with Crippen LogP contribution in [-0.2, 0) is 6.54 Å². The van der Waals surface area contributed by atoms with Gasteiger partial charge in [-0.1, -0.05) is 13.0 Å². The summed E-state index contributed by atoms with van der Waals surface area (Å²) in [5, 5.41) is 3.59. The average molecular weight is 247 g/mol. The van der Waals surface area contributed by atoms with Crippen molar-refractivity contribution in [2.45, 2.75) is 52.2 Å². The molecule has 2 unspecified atom stereocenters. The van der Waals surface area contributed by atoms with E-state index in [-0.39, 0.29) is 5.54 Å². The first-order chi connectivity index (χ1) is 8.53. The molecule has 0 amide bonds. The van der Waals surface area contributed by atoms with E-state index in [1.807, 2.05) is 0 Å². The number of pyridine rings is 1. The van der Waals surface area contributed by atoms with Crippen LogP contribution in [0.25, 0.3) is 0 Å². The lowest BCUT2D eigenvalue weighted by atomic mass is 9.92. The van der Waals surface area contributed by atoms with Gasteiger partial charge in [0, 0.05) is 36.9 Å². The number of hydrogen-bond donors (Lipinski definition) is 1. The van der Waals surface area contributed by atoms with Crippen LogP contribution in [0.5, 0.6) is 0 Å². The zero-order valence-corrected chi connectivity index (χ0v) is 12.0. The summed E-state index contributed by atoms with van der Waals surface area (Å²) < 4.78 is 0. The summed E-state index contributed by atoms with van der Waals surface area (Å²) in [5.41, 5.74) is 2.54. The minimum atomic E-state index is 0.248. The molecule has 1 aromatic heterocycles. The molecule has 18 heavy (non-hydrogen) atoms. The second-order valence-corrected chi connectivity index (χ2v) is 5.78. The maximum Gasteiger partial charge on any atom is 0.0547 e. The molecule has 1 aromatic rings. The topological polar surface area (TPSA) is 28.2 Å². The Labute approximate surface area is 111 Å². The Bertz CT molecular complexity index is 404. The molecule has 100 valence electrons. The number of nitrogens with one attached hydrogen (secondary N) is 1. The number of nitrogens with zero attached hydrogens (tertiary/aromatic N) is 2. The largest absolute Gasteiger partial charge is 0.311 e. The first kappa shape index (κ1) is 13.5. The van der Waals surface area contributed by atoms with Gasteiger partial charge in [0.1, 0.15) is 0 Å². The normalized spacial score (nSPS) is 29.4. The van der Waals surface area contributed by atoms with E-state index < -0.39 is 0 Å². The van der Waals surface area contributed by atoms with Gasteiger partial charge in [0.15, 0.2) is 0 Å². The summed E-state index contributed by atoms with van der Waals surface area (Å²) in [4.78, 5) is 7.21. The molecule has 0 aliphatic carbocycles. The van der Waals surface area contributed by atoms with Crippen LogP contribution in [-0.4, -0.2) is 34.6 Å². The highest BCUT2D eigenvalue weighted by Gasteiger charge is 2.35. The van der Waals surface area contributed by atoms with Gasteiger partial charge in [0.25, 0.3) is 0 Å². The van der Waals surface area contributed by atoms with E-state index in [0.717, 1.165) is 25.3 Å². The predicted octanol–water partition coefficient (Wildman–Crippen LogP) is 2.35. The van der Waals surface area contributed by atoms with Crippen molar-refractivity contribution in [3.8, 4) is 0 Å². The molecular formula is C15H25N3. The van der Waals surface area contributed by atoms with Crippen LogP contribution in [0, 0.1) is 6.92 Å². The number of hydrogen-bond acceptors (Lipinski definition) is 3. The highest BCUT2D eigenvalue weighted by Crippen LogP contribution is 2.24. The Balaban J connectivity index is 2.14. The Kier molecular flexibility index (Phi) is 4.03. The Morgan fingerprint density at radius 1 is 1.50 bits per heavy atom. The van der Waals surface area contributed by atoms with E-state index in [4.69, 9.17) is 0 Å². The smallest absolute Gasteiger partial charge is 0.0547 e. The Morgan fingerprint density at radius 3 is 2.94 bits per heavy atom. The minimum absolute atomic E-state index is 0.248. The van der Waals surface area contributed by atoms with E-state index in [9.17, 15) is 0 Å². The molecule has 2 atom stereocenters. The van der Waals surface area contributed by atoms with E-state index in [1.165, 1.54) is 12.1 Å². The Morgan fingerprint density at radius 2 is 2.28 bits per heavy atom. The van der Waals surface area contributed by atoms with Crippen LogP contribution in [0.1, 0.15) is 38.6 Å². The van der Waals surface area contributed by atoms with Gasteiger partial charge < -0.3 is 5.32 Å². The van der Waals surface area contributed by atoms with Crippen molar-refractivity contribution >= 4 is 0 Å². The van der Waals surface area contributed by atoms with Crippen molar-refractivity contribution in [3.05, 3.63) is 29.6 Å². The standard InChI is InChI=1S/C15H25N3/c1-5-15(4)11-16-13(3)9-18(15)10-14-8-6-7-12(2)17-14/h6-8,13,16H,5,9-11H2,1-4H3. The second-order valence-electron chi connectivity index (χ2n) is 5.78. The summed E-state index contributed by atoms with van der Waals surface area (Å²) >= 11 is 0. The third kappa shape index (κ3) is 2.90. The van der Waals surface area contributed by atoms with E-state index in [1.54, 1.807) is 0 Å². The molecule has 0 aromatic carbocycles. The SMILES string of the molecule is CCC1(C)CNC(C)CN1Cc1cccc(C)n1. The highest BCUT2D eigenvalue weighted by molar-refractivity contribution is 5.11. The lowest BCUT2D eigenvalue weighted by Gasteiger charge is -2.47. The van der Waals surface area contributed by atoms with E-state index in [0.29, 0.717) is 6.04 Å². The van der Waals surface area contributed by atoms with E-state index in [2.05, 4.69) is 61.1 Å². The number of piperazine rings is 1. The quantitative estimate of drug-likeness (QED) is 0.888. The van der Waals surface area contributed by atoms with Crippen LogP contribution in [0.3, 0.4) is 0 Å². The third-order valence-electron chi connectivity index (χ3n) is 4.15. The van der Waals surface area contributed by atoms with Crippen LogP contribution in [0.2, 0.25) is 0 Å². The maximum atomic E-state index is 4.63. The van der Waals surface area contributed by atoms with Crippen LogP contribution >= 0.6 is 0 Å². The third-order valence-corrected chi connectivity index (χ3v) is 4.15. The highest BCUT2D eigenvalue weighted by atomic mass is 15.3. The molecule has 1 fully saturated rings. The lowest BCUT2D eigenvalue weighted by Crippen LogP contribution is -2.61. The molecular weight excluding hydrogens is 222 g/mol. The number of aryl methyl sites for hydroxylation is 1. The van der Waals surface area contributed by atoms with Gasteiger partial charge in [-0.3, -0.25) is 9.88 Å². The van der Waals surface area contributed by atoms with Crippen molar-refractivity contribution in [1.29, 1.82) is 0 Å². The van der Waals surface area contributed by atoms with Gasteiger partial charge in [0.2, 0.25) is 0 Å². The van der Waals surface area contributed by atoms with Crippen molar-refractivity contribution in [2.24, 2.45) is 0 Å². The number of rotatable bonds is 3. The van der Waals surface area contributed by atoms with Gasteiger partial charge in [-0.2, -0.15) is 0 Å². The first-order valence-corrected chi connectivity index (χ1v) is 6.94. The van der Waals surface area contributed by atoms with E-state index >= 15 is 0 Å². The van der Waals surface area contributed by atoms with Crippen molar-refractivity contribution in [1.82, 2.24) is 15.2 Å². The summed E-state index contributed by atoms with van der Waals surface area (Å²) in [7, 11) is 0. The molecule has 1 aliphatic rings. The summed E-state index contributed by atoms with van der Waals surface area (Å²) in [6.07, 6.45) is 1.17. The molecule has 2 rings (SSSR count). The molecule has 1 aliphatic heterocycles. The van der Waals surface area contributed by atoms with Gasteiger partial charge in [0.05, 0.1) is 5.69 Å². The summed E-state index contributed by atoms with van der Waals surface area (Å²) in [6, 6.07) is 6.86. The Hall–Kier alpha value is -0.930. The van der Waals surface area contributed by atoms with Gasteiger partial charge in [-0.15, -0.1) is 0 Å². The first-order valence-electron chi connectivity index (χ1n) is 6.94. The summed E-state index contributed by atoms with van der Waals surface area (Å²) in [6.45, 7) is 12.1. The lowest BCUT2D eigenvalue weighted by molar-refractivity contribution is 0.0442.